The molecule has 5 heteroatoms. The van der Waals surface area contributed by atoms with E-state index in [1.165, 1.54) is 12.1 Å². The Balaban J connectivity index is 3.02. The van der Waals surface area contributed by atoms with Gasteiger partial charge in [-0.3, -0.25) is 4.79 Å². The number of H-pyrrole nitrogens is 1. The van der Waals surface area contributed by atoms with Crippen LogP contribution in [0.4, 0.5) is 0 Å². The zero-order chi connectivity index (χ0) is 10.3. The summed E-state index contributed by atoms with van der Waals surface area (Å²) >= 11 is 0. The van der Waals surface area contributed by atoms with E-state index < -0.39 is 0 Å². The third-order valence-electron chi connectivity index (χ3n) is 2.07. The average molecular weight is 192 g/mol. The van der Waals surface area contributed by atoms with E-state index in [1.54, 1.807) is 6.92 Å². The van der Waals surface area contributed by atoms with Crippen molar-refractivity contribution in [2.75, 3.05) is 0 Å². The molecule has 0 bridgehead atoms. The number of aromatic nitrogens is 2. The lowest BCUT2D eigenvalue weighted by Crippen LogP contribution is -2.09. The molecule has 0 aliphatic heterocycles. The lowest BCUT2D eigenvalue weighted by molar-refractivity contribution is 0.405. The van der Waals surface area contributed by atoms with Crippen LogP contribution in [-0.2, 0) is 0 Å². The van der Waals surface area contributed by atoms with Crippen LogP contribution in [-0.4, -0.2) is 20.4 Å². The molecule has 14 heavy (non-hydrogen) atoms. The van der Waals surface area contributed by atoms with Gasteiger partial charge in [0.05, 0.1) is 11.1 Å². The Morgan fingerprint density at radius 1 is 1.21 bits per heavy atom. The van der Waals surface area contributed by atoms with Crippen LogP contribution in [0.15, 0.2) is 16.9 Å². The summed E-state index contributed by atoms with van der Waals surface area (Å²) in [5.41, 5.74) is 0.204. The first-order valence-electron chi connectivity index (χ1n) is 4.00. The van der Waals surface area contributed by atoms with Crippen LogP contribution < -0.4 is 5.56 Å². The smallest absolute Gasteiger partial charge is 0.272 e. The van der Waals surface area contributed by atoms with Gasteiger partial charge in [0.25, 0.3) is 5.56 Å². The number of benzene rings is 1. The minimum absolute atomic E-state index is 0.256. The maximum absolute atomic E-state index is 11.3. The summed E-state index contributed by atoms with van der Waals surface area (Å²) in [5, 5.41) is 25.3. The number of nitrogens with zero attached hydrogens (tertiary/aromatic N) is 1. The monoisotopic (exact) mass is 192 g/mol. The Morgan fingerprint density at radius 2 is 1.79 bits per heavy atom. The molecule has 2 aromatic rings. The number of hydrogen-bond acceptors (Lipinski definition) is 4. The van der Waals surface area contributed by atoms with Gasteiger partial charge >= 0.3 is 0 Å². The number of aromatic hydroxyl groups is 2. The summed E-state index contributed by atoms with van der Waals surface area (Å²) in [5.74, 6) is -0.568. The number of aromatic amines is 1. The van der Waals surface area contributed by atoms with E-state index in [-0.39, 0.29) is 17.1 Å². The van der Waals surface area contributed by atoms with E-state index in [1.807, 2.05) is 0 Å². The van der Waals surface area contributed by atoms with Gasteiger partial charge in [-0.1, -0.05) is 0 Å². The molecule has 0 aliphatic rings. The van der Waals surface area contributed by atoms with E-state index in [0.717, 1.165) is 0 Å². The zero-order valence-electron chi connectivity index (χ0n) is 7.40. The first-order valence-corrected chi connectivity index (χ1v) is 4.00. The van der Waals surface area contributed by atoms with Gasteiger partial charge in [-0.25, -0.2) is 5.10 Å². The molecule has 1 aromatic carbocycles. The molecule has 0 unspecified atom stereocenters. The highest BCUT2D eigenvalue weighted by molar-refractivity contribution is 5.86. The van der Waals surface area contributed by atoms with Gasteiger partial charge in [-0.15, -0.1) is 0 Å². The minimum Gasteiger partial charge on any atom is -0.504 e. The number of hydrogen-bond donors (Lipinski definition) is 3. The molecule has 0 saturated carbocycles. The molecule has 72 valence electrons. The number of aryl methyl sites for hydroxylation is 1. The number of phenols is 2. The Hall–Kier alpha value is -2.04. The normalized spacial score (nSPS) is 10.6. The minimum atomic E-state index is -0.388. The van der Waals surface area contributed by atoms with Gasteiger partial charge in [-0.05, 0) is 19.1 Å². The fraction of sp³-hybridized carbons (Fsp3) is 0.111. The van der Waals surface area contributed by atoms with Gasteiger partial charge < -0.3 is 10.2 Å². The zero-order valence-corrected chi connectivity index (χ0v) is 7.40. The Bertz CT molecular complexity index is 560. The fourth-order valence-corrected chi connectivity index (χ4v) is 1.32. The van der Waals surface area contributed by atoms with Crippen molar-refractivity contribution in [1.82, 2.24) is 10.2 Å². The number of phenolic OH excluding ortho intramolecular Hbond substituents is 2. The second-order valence-electron chi connectivity index (χ2n) is 3.02. The summed E-state index contributed by atoms with van der Waals surface area (Å²) in [6, 6.07) is 2.54. The largest absolute Gasteiger partial charge is 0.504 e. The van der Waals surface area contributed by atoms with Crippen LogP contribution in [0, 0.1) is 6.92 Å². The van der Waals surface area contributed by atoms with Crippen molar-refractivity contribution in [3.05, 3.63) is 28.2 Å². The van der Waals surface area contributed by atoms with E-state index in [2.05, 4.69) is 10.2 Å². The predicted molar refractivity (Wildman–Crippen MR) is 50.4 cm³/mol. The molecule has 3 N–H and O–H groups in total. The fourth-order valence-electron chi connectivity index (χ4n) is 1.32. The van der Waals surface area contributed by atoms with Crippen LogP contribution in [0.1, 0.15) is 5.69 Å². The van der Waals surface area contributed by atoms with Crippen molar-refractivity contribution in [1.29, 1.82) is 0 Å². The molecule has 0 saturated heterocycles. The third-order valence-corrected chi connectivity index (χ3v) is 2.07. The predicted octanol–water partition coefficient (Wildman–Crippen LogP) is 0.643. The Labute approximate surface area is 78.6 Å². The van der Waals surface area contributed by atoms with E-state index in [4.69, 9.17) is 0 Å². The van der Waals surface area contributed by atoms with Gasteiger partial charge in [-0.2, -0.15) is 5.10 Å². The molecule has 0 radical (unpaired) electrons. The van der Waals surface area contributed by atoms with Crippen LogP contribution in [0.25, 0.3) is 10.8 Å². The van der Waals surface area contributed by atoms with E-state index in [0.29, 0.717) is 16.5 Å². The van der Waals surface area contributed by atoms with Crippen LogP contribution in [0.5, 0.6) is 11.5 Å². The molecule has 0 atom stereocenters. The van der Waals surface area contributed by atoms with Crippen molar-refractivity contribution in [2.45, 2.75) is 6.92 Å². The topological polar surface area (TPSA) is 86.2 Å². The van der Waals surface area contributed by atoms with Crippen molar-refractivity contribution in [2.24, 2.45) is 0 Å². The Morgan fingerprint density at radius 3 is 2.43 bits per heavy atom. The molecule has 1 aromatic heterocycles. The summed E-state index contributed by atoms with van der Waals surface area (Å²) < 4.78 is 0. The van der Waals surface area contributed by atoms with Crippen molar-refractivity contribution < 1.29 is 10.2 Å². The molecule has 2 rings (SSSR count). The van der Waals surface area contributed by atoms with E-state index >= 15 is 0 Å². The van der Waals surface area contributed by atoms with Crippen LogP contribution in [0.2, 0.25) is 0 Å². The second kappa shape index (κ2) is 2.73. The molecular weight excluding hydrogens is 184 g/mol. The van der Waals surface area contributed by atoms with Gasteiger partial charge in [0.15, 0.2) is 11.5 Å². The highest BCUT2D eigenvalue weighted by Gasteiger charge is 2.07. The third kappa shape index (κ3) is 1.10. The molecule has 1 heterocycles. The molecule has 5 nitrogen and oxygen atoms in total. The summed E-state index contributed by atoms with van der Waals surface area (Å²) in [7, 11) is 0. The van der Waals surface area contributed by atoms with Crippen molar-refractivity contribution >= 4 is 10.8 Å². The van der Waals surface area contributed by atoms with Crippen molar-refractivity contribution in [3.63, 3.8) is 0 Å². The first-order chi connectivity index (χ1) is 6.59. The molecule has 0 spiro atoms. The summed E-state index contributed by atoms with van der Waals surface area (Å²) in [6.07, 6.45) is 0. The highest BCUT2D eigenvalue weighted by atomic mass is 16.3. The van der Waals surface area contributed by atoms with Gasteiger partial charge in [0.1, 0.15) is 0 Å². The number of fused-ring (bicyclic) bond motifs is 1. The maximum Gasteiger partial charge on any atom is 0.272 e. The lowest BCUT2D eigenvalue weighted by Gasteiger charge is -2.02. The van der Waals surface area contributed by atoms with Crippen molar-refractivity contribution in [3.8, 4) is 11.5 Å². The average Bonchev–Trinajstić information content (AvgIpc) is 2.15. The van der Waals surface area contributed by atoms with Gasteiger partial charge in [0.2, 0.25) is 0 Å². The quantitative estimate of drug-likeness (QED) is 0.534. The number of rotatable bonds is 0. The molecule has 0 aliphatic carbocycles. The van der Waals surface area contributed by atoms with Crippen LogP contribution in [0.3, 0.4) is 0 Å². The Kier molecular flexibility index (Phi) is 1.67. The van der Waals surface area contributed by atoms with E-state index in [9.17, 15) is 15.0 Å². The standard InChI is InChI=1S/C9H8N2O3/c1-4-5-2-7(12)8(13)3-6(5)9(14)11-10-4/h2-3,12-13H,1H3,(H,11,14). The van der Waals surface area contributed by atoms with Gasteiger partial charge in [0, 0.05) is 5.39 Å². The molecular formula is C9H8N2O3. The second-order valence-corrected chi connectivity index (χ2v) is 3.02. The summed E-state index contributed by atoms with van der Waals surface area (Å²) in [4.78, 5) is 11.3. The highest BCUT2D eigenvalue weighted by Crippen LogP contribution is 2.29. The first kappa shape index (κ1) is 8.55. The van der Waals surface area contributed by atoms with Crippen LogP contribution >= 0.6 is 0 Å². The lowest BCUT2D eigenvalue weighted by atomic mass is 10.1. The SMILES string of the molecule is Cc1n[nH]c(=O)c2cc(O)c(O)cc12. The number of nitrogens with one attached hydrogen (secondary N) is 1. The molecule has 0 fully saturated rings. The molecule has 0 amide bonds. The summed E-state index contributed by atoms with van der Waals surface area (Å²) in [6.45, 7) is 1.70. The maximum atomic E-state index is 11.3.